The van der Waals surface area contributed by atoms with Crippen LogP contribution in [0.5, 0.6) is 0 Å². The Morgan fingerprint density at radius 1 is 0.714 bits per heavy atom. The predicted octanol–water partition coefficient (Wildman–Crippen LogP) is 5.33. The summed E-state index contributed by atoms with van der Waals surface area (Å²) in [6, 6.07) is 12.0. The zero-order valence-electron chi connectivity index (χ0n) is 14.6. The monoisotopic (exact) mass is 385 g/mol. The fourth-order valence-corrected chi connectivity index (χ4v) is 3.20. The van der Waals surface area contributed by atoms with E-state index < -0.39 is 23.3 Å². The normalized spacial score (nSPS) is 11.1. The summed E-state index contributed by atoms with van der Waals surface area (Å²) in [6.07, 6.45) is 1.56. The minimum atomic E-state index is -0.684. The lowest BCUT2D eigenvalue weighted by atomic mass is 10.1. The van der Waals surface area contributed by atoms with E-state index in [-0.39, 0.29) is 13.1 Å². The zero-order valence-corrected chi connectivity index (χ0v) is 14.6. The Morgan fingerprint density at radius 3 is 1.79 bits per heavy atom. The number of fused-ring (bicyclic) bond motifs is 1. The van der Waals surface area contributed by atoms with Gasteiger partial charge in [-0.2, -0.15) is 0 Å². The standard InChI is InChI=1S/C21H15F4N3/c22-15-3-13(4-16(23)7-15)10-28(11-14-5-17(24)8-18(25)6-14)19-1-2-20-21(9-19)27-12-26-20/h1-9,12H,10-11H2,(H,26,27). The van der Waals surface area contributed by atoms with E-state index in [1.54, 1.807) is 23.4 Å². The van der Waals surface area contributed by atoms with E-state index in [2.05, 4.69) is 9.97 Å². The number of halogens is 4. The van der Waals surface area contributed by atoms with E-state index in [1.165, 1.54) is 24.3 Å². The summed E-state index contributed by atoms with van der Waals surface area (Å²) in [4.78, 5) is 8.94. The highest BCUT2D eigenvalue weighted by Crippen LogP contribution is 2.25. The smallest absolute Gasteiger partial charge is 0.126 e. The first-order chi connectivity index (χ1) is 13.5. The topological polar surface area (TPSA) is 31.9 Å². The van der Waals surface area contributed by atoms with Gasteiger partial charge in [0.05, 0.1) is 17.4 Å². The van der Waals surface area contributed by atoms with Crippen LogP contribution >= 0.6 is 0 Å². The summed E-state index contributed by atoms with van der Waals surface area (Å²) >= 11 is 0. The van der Waals surface area contributed by atoms with Gasteiger partial charge in [0, 0.05) is 30.9 Å². The second-order valence-corrected chi connectivity index (χ2v) is 6.52. The lowest BCUT2D eigenvalue weighted by Crippen LogP contribution is -2.22. The molecule has 3 nitrogen and oxygen atoms in total. The van der Waals surface area contributed by atoms with Gasteiger partial charge in [0.25, 0.3) is 0 Å². The number of nitrogens with one attached hydrogen (secondary N) is 1. The maximum Gasteiger partial charge on any atom is 0.126 e. The lowest BCUT2D eigenvalue weighted by Gasteiger charge is -2.25. The van der Waals surface area contributed by atoms with Gasteiger partial charge in [0.2, 0.25) is 0 Å². The summed E-state index contributed by atoms with van der Waals surface area (Å²) in [7, 11) is 0. The van der Waals surface area contributed by atoms with Crippen molar-refractivity contribution >= 4 is 16.7 Å². The lowest BCUT2D eigenvalue weighted by molar-refractivity contribution is 0.576. The number of hydrogen-bond donors (Lipinski definition) is 1. The molecule has 28 heavy (non-hydrogen) atoms. The number of benzene rings is 3. The molecular formula is C21H15F4N3. The predicted molar refractivity (Wildman–Crippen MR) is 98.7 cm³/mol. The zero-order chi connectivity index (χ0) is 19.7. The molecule has 4 rings (SSSR count). The first-order valence-electron chi connectivity index (χ1n) is 8.54. The van der Waals surface area contributed by atoms with Crippen molar-refractivity contribution in [2.75, 3.05) is 4.90 Å². The molecule has 0 amide bonds. The molecule has 0 bridgehead atoms. The number of anilines is 1. The van der Waals surface area contributed by atoms with E-state index >= 15 is 0 Å². The fraction of sp³-hybridized carbons (Fsp3) is 0.0952. The molecule has 4 aromatic rings. The molecule has 0 unspecified atom stereocenters. The molecule has 0 aliphatic heterocycles. The summed E-state index contributed by atoms with van der Waals surface area (Å²) < 4.78 is 54.4. The van der Waals surface area contributed by atoms with Crippen LogP contribution in [0.4, 0.5) is 23.2 Å². The summed E-state index contributed by atoms with van der Waals surface area (Å²) in [5, 5.41) is 0. The molecule has 0 radical (unpaired) electrons. The molecule has 1 N–H and O–H groups in total. The minimum absolute atomic E-state index is 0.145. The highest BCUT2D eigenvalue weighted by molar-refractivity contribution is 5.79. The quantitative estimate of drug-likeness (QED) is 0.471. The van der Waals surface area contributed by atoms with Gasteiger partial charge in [-0.3, -0.25) is 0 Å². The van der Waals surface area contributed by atoms with Crippen LogP contribution in [-0.2, 0) is 13.1 Å². The molecule has 0 fully saturated rings. The SMILES string of the molecule is Fc1cc(F)cc(CN(Cc2cc(F)cc(F)c2)c2ccc3nc[nH]c3c2)c1. The summed E-state index contributed by atoms with van der Waals surface area (Å²) in [6.45, 7) is 0.291. The van der Waals surface area contributed by atoms with Gasteiger partial charge in [0.15, 0.2) is 0 Å². The first-order valence-corrected chi connectivity index (χ1v) is 8.54. The number of aromatic amines is 1. The third-order valence-electron chi connectivity index (χ3n) is 4.36. The van der Waals surface area contributed by atoms with Gasteiger partial charge in [-0.25, -0.2) is 22.5 Å². The number of hydrogen-bond acceptors (Lipinski definition) is 2. The van der Waals surface area contributed by atoms with Crippen molar-refractivity contribution < 1.29 is 17.6 Å². The fourth-order valence-electron chi connectivity index (χ4n) is 3.20. The van der Waals surface area contributed by atoms with Crippen LogP contribution < -0.4 is 4.90 Å². The Hall–Kier alpha value is -3.35. The number of H-pyrrole nitrogens is 1. The molecular weight excluding hydrogens is 370 g/mol. The van der Waals surface area contributed by atoms with Crippen molar-refractivity contribution in [2.24, 2.45) is 0 Å². The van der Waals surface area contributed by atoms with Gasteiger partial charge in [-0.05, 0) is 53.6 Å². The molecule has 3 aromatic carbocycles. The third kappa shape index (κ3) is 3.98. The molecule has 0 spiro atoms. The Morgan fingerprint density at radius 2 is 1.25 bits per heavy atom. The Kier molecular flexibility index (Phi) is 4.73. The van der Waals surface area contributed by atoms with E-state index in [1.807, 2.05) is 6.07 Å². The Balaban J connectivity index is 1.72. The average molecular weight is 385 g/mol. The molecule has 142 valence electrons. The highest BCUT2D eigenvalue weighted by Gasteiger charge is 2.13. The van der Waals surface area contributed by atoms with Crippen molar-refractivity contribution in [1.29, 1.82) is 0 Å². The molecule has 0 saturated carbocycles. The summed E-state index contributed by atoms with van der Waals surface area (Å²) in [5.74, 6) is -2.74. The number of aromatic nitrogens is 2. The van der Waals surface area contributed by atoms with Crippen LogP contribution in [0, 0.1) is 23.3 Å². The van der Waals surface area contributed by atoms with Crippen LogP contribution in [0.1, 0.15) is 11.1 Å². The molecule has 0 aliphatic carbocycles. The molecule has 1 aromatic heterocycles. The van der Waals surface area contributed by atoms with Crippen LogP contribution in [0.25, 0.3) is 11.0 Å². The van der Waals surface area contributed by atoms with Crippen molar-refractivity contribution in [1.82, 2.24) is 9.97 Å². The maximum atomic E-state index is 13.6. The van der Waals surface area contributed by atoms with Gasteiger partial charge in [-0.1, -0.05) is 0 Å². The highest BCUT2D eigenvalue weighted by atomic mass is 19.1. The van der Waals surface area contributed by atoms with E-state index in [4.69, 9.17) is 0 Å². The van der Waals surface area contributed by atoms with Gasteiger partial charge >= 0.3 is 0 Å². The minimum Gasteiger partial charge on any atom is -0.363 e. The van der Waals surface area contributed by atoms with Crippen LogP contribution in [0.2, 0.25) is 0 Å². The van der Waals surface area contributed by atoms with Crippen LogP contribution in [0.15, 0.2) is 60.9 Å². The maximum absolute atomic E-state index is 13.6. The van der Waals surface area contributed by atoms with Crippen molar-refractivity contribution in [2.45, 2.75) is 13.1 Å². The van der Waals surface area contributed by atoms with Gasteiger partial charge < -0.3 is 9.88 Å². The number of nitrogens with zero attached hydrogens (tertiary/aromatic N) is 2. The summed E-state index contributed by atoms with van der Waals surface area (Å²) in [5.41, 5.74) is 3.06. The third-order valence-corrected chi connectivity index (χ3v) is 4.36. The van der Waals surface area contributed by atoms with Gasteiger partial charge in [0.1, 0.15) is 23.3 Å². The van der Waals surface area contributed by atoms with E-state index in [0.29, 0.717) is 16.8 Å². The Bertz CT molecular complexity index is 1050. The first kappa shape index (κ1) is 18.0. The molecule has 0 saturated heterocycles. The Labute approximate surface area is 158 Å². The van der Waals surface area contributed by atoms with E-state index in [9.17, 15) is 17.6 Å². The van der Waals surface area contributed by atoms with Crippen molar-refractivity contribution in [3.8, 4) is 0 Å². The average Bonchev–Trinajstić information content (AvgIpc) is 3.07. The molecule has 1 heterocycles. The van der Waals surface area contributed by atoms with E-state index in [0.717, 1.165) is 23.2 Å². The molecule has 0 atom stereocenters. The van der Waals surface area contributed by atoms with Crippen LogP contribution in [0.3, 0.4) is 0 Å². The van der Waals surface area contributed by atoms with Gasteiger partial charge in [-0.15, -0.1) is 0 Å². The van der Waals surface area contributed by atoms with Crippen LogP contribution in [-0.4, -0.2) is 9.97 Å². The number of imidazole rings is 1. The van der Waals surface area contributed by atoms with Crippen molar-refractivity contribution in [3.63, 3.8) is 0 Å². The second kappa shape index (κ2) is 7.34. The largest absolute Gasteiger partial charge is 0.363 e. The van der Waals surface area contributed by atoms with Crippen molar-refractivity contribution in [3.05, 3.63) is 95.3 Å². The number of rotatable bonds is 5. The molecule has 7 heteroatoms. The second-order valence-electron chi connectivity index (χ2n) is 6.52. The molecule has 0 aliphatic rings.